The first kappa shape index (κ1) is 16.0. The van der Waals surface area contributed by atoms with E-state index in [-0.39, 0.29) is 10.7 Å². The lowest BCUT2D eigenvalue weighted by atomic mass is 9.91. The van der Waals surface area contributed by atoms with Gasteiger partial charge < -0.3 is 5.11 Å². The maximum absolute atomic E-state index is 14.2. The Kier molecular flexibility index (Phi) is 4.39. The largest absolute Gasteiger partial charge is 0.477 e. The van der Waals surface area contributed by atoms with E-state index in [0.717, 1.165) is 16.2 Å². The van der Waals surface area contributed by atoms with E-state index < -0.39 is 11.4 Å². The number of aromatic carboxylic acids is 1. The Morgan fingerprint density at radius 1 is 1.38 bits per heavy atom. The summed E-state index contributed by atoms with van der Waals surface area (Å²) in [4.78, 5) is 16.8. The lowest BCUT2D eigenvalue weighted by Gasteiger charge is -2.16. The molecule has 0 atom stereocenters. The maximum Gasteiger partial charge on any atom is 0.347 e. The van der Waals surface area contributed by atoms with Crippen molar-refractivity contribution in [1.29, 1.82) is 0 Å². The predicted molar refractivity (Wildman–Crippen MR) is 84.9 cm³/mol. The van der Waals surface area contributed by atoms with Gasteiger partial charge in [-0.3, -0.25) is 0 Å². The van der Waals surface area contributed by atoms with E-state index in [1.54, 1.807) is 6.07 Å². The number of carboxylic acid groups (broad SMARTS) is 1. The smallest absolute Gasteiger partial charge is 0.347 e. The van der Waals surface area contributed by atoms with Gasteiger partial charge in [0.1, 0.15) is 15.7 Å². The van der Waals surface area contributed by atoms with Gasteiger partial charge in [-0.2, -0.15) is 0 Å². The van der Waals surface area contributed by atoms with Crippen molar-refractivity contribution < 1.29 is 14.3 Å². The fourth-order valence-corrected chi connectivity index (χ4v) is 3.82. The Morgan fingerprint density at radius 2 is 2.05 bits per heavy atom. The zero-order valence-electron chi connectivity index (χ0n) is 12.2. The molecule has 6 heteroatoms. The van der Waals surface area contributed by atoms with E-state index in [4.69, 9.17) is 0 Å². The number of rotatable bonds is 3. The summed E-state index contributed by atoms with van der Waals surface area (Å²) < 4.78 is 14.2. The maximum atomic E-state index is 14.2. The van der Waals surface area contributed by atoms with Crippen LogP contribution < -0.4 is 0 Å². The van der Waals surface area contributed by atoms with Crippen LogP contribution in [0.15, 0.2) is 23.1 Å². The van der Waals surface area contributed by atoms with Gasteiger partial charge in [-0.1, -0.05) is 26.8 Å². The normalized spacial score (nSPS) is 11.7. The van der Waals surface area contributed by atoms with Gasteiger partial charge >= 0.3 is 5.97 Å². The molecule has 2 aromatic rings. The van der Waals surface area contributed by atoms with Crippen LogP contribution in [0.3, 0.4) is 0 Å². The van der Waals surface area contributed by atoms with Crippen LogP contribution in [0.2, 0.25) is 0 Å². The molecule has 0 aliphatic rings. The third-order valence-corrected chi connectivity index (χ3v) is 4.78. The molecular weight excluding hydrogens is 309 g/mol. The Labute approximate surface area is 131 Å². The molecule has 0 aliphatic heterocycles. The topological polar surface area (TPSA) is 50.2 Å². The third-order valence-electron chi connectivity index (χ3n) is 2.94. The molecule has 1 heterocycles. The second kappa shape index (κ2) is 5.77. The first-order valence-electron chi connectivity index (χ1n) is 6.33. The molecule has 112 valence electrons. The van der Waals surface area contributed by atoms with Crippen molar-refractivity contribution in [3.05, 3.63) is 34.6 Å². The van der Waals surface area contributed by atoms with Crippen LogP contribution in [0.25, 0.3) is 10.6 Å². The number of benzene rings is 1. The number of hydrogen-bond donors (Lipinski definition) is 1. The van der Waals surface area contributed by atoms with Gasteiger partial charge in [-0.25, -0.2) is 14.2 Å². The van der Waals surface area contributed by atoms with Gasteiger partial charge in [-0.05, 0) is 18.4 Å². The number of carbonyl (C=O) groups is 1. The molecule has 0 aliphatic carbocycles. The van der Waals surface area contributed by atoms with Crippen molar-refractivity contribution in [2.75, 3.05) is 6.26 Å². The van der Waals surface area contributed by atoms with E-state index in [9.17, 15) is 14.3 Å². The Hall–Kier alpha value is -1.40. The number of aromatic nitrogens is 1. The van der Waals surface area contributed by atoms with Crippen molar-refractivity contribution in [1.82, 2.24) is 4.98 Å². The molecule has 1 N–H and O–H groups in total. The second-order valence-corrected chi connectivity index (χ2v) is 7.42. The van der Waals surface area contributed by atoms with Crippen molar-refractivity contribution >= 4 is 29.1 Å². The molecule has 0 unspecified atom stereocenters. The number of thioether (sulfide) groups is 1. The summed E-state index contributed by atoms with van der Waals surface area (Å²) in [5.41, 5.74) is 0.464. The summed E-state index contributed by atoms with van der Waals surface area (Å²) >= 11 is 2.44. The third kappa shape index (κ3) is 3.11. The summed E-state index contributed by atoms with van der Waals surface area (Å²) in [7, 11) is 0. The molecule has 0 saturated heterocycles. The highest BCUT2D eigenvalue weighted by molar-refractivity contribution is 7.98. The van der Waals surface area contributed by atoms with Crippen molar-refractivity contribution in [3.63, 3.8) is 0 Å². The van der Waals surface area contributed by atoms with Gasteiger partial charge in [0.05, 0.1) is 11.3 Å². The minimum Gasteiger partial charge on any atom is -0.477 e. The quantitative estimate of drug-likeness (QED) is 0.833. The Bertz CT molecular complexity index is 689. The average molecular weight is 325 g/mol. The van der Waals surface area contributed by atoms with E-state index in [0.29, 0.717) is 16.3 Å². The van der Waals surface area contributed by atoms with Gasteiger partial charge in [-0.15, -0.1) is 23.1 Å². The number of thiazole rings is 1. The standard InChI is InChI=1S/C15H16FNO2S2/c1-15(2,3)12-11(14(18)19)21-13(17-12)10-8(16)6-5-7-9(10)20-4/h5-7H,1-4H3,(H,18,19). The van der Waals surface area contributed by atoms with Crippen LogP contribution >= 0.6 is 23.1 Å². The first-order chi connectivity index (χ1) is 9.75. The lowest BCUT2D eigenvalue weighted by Crippen LogP contribution is -2.16. The highest BCUT2D eigenvalue weighted by Gasteiger charge is 2.28. The first-order valence-corrected chi connectivity index (χ1v) is 8.37. The molecule has 21 heavy (non-hydrogen) atoms. The molecule has 0 fully saturated rings. The van der Waals surface area contributed by atoms with Crippen molar-refractivity contribution in [2.24, 2.45) is 0 Å². The van der Waals surface area contributed by atoms with Crippen molar-refractivity contribution in [2.45, 2.75) is 31.1 Å². The van der Waals surface area contributed by atoms with Crippen LogP contribution in [0, 0.1) is 5.82 Å². The van der Waals surface area contributed by atoms with E-state index in [1.165, 1.54) is 17.8 Å². The molecule has 0 radical (unpaired) electrons. The predicted octanol–water partition coefficient (Wildman–Crippen LogP) is 4.67. The minimum absolute atomic E-state index is 0.174. The monoisotopic (exact) mass is 325 g/mol. The van der Waals surface area contributed by atoms with Gasteiger partial charge in [0.2, 0.25) is 0 Å². The molecule has 3 nitrogen and oxygen atoms in total. The molecule has 0 bridgehead atoms. The van der Waals surface area contributed by atoms with Gasteiger partial charge in [0.15, 0.2) is 0 Å². The number of nitrogens with zero attached hydrogens (tertiary/aromatic N) is 1. The molecular formula is C15H16FNO2S2. The average Bonchev–Trinajstić information content (AvgIpc) is 2.83. The van der Waals surface area contributed by atoms with E-state index >= 15 is 0 Å². The summed E-state index contributed by atoms with van der Waals surface area (Å²) in [5, 5.41) is 9.77. The molecule has 0 amide bonds. The summed E-state index contributed by atoms with van der Waals surface area (Å²) in [5.74, 6) is -1.40. The fraction of sp³-hybridized carbons (Fsp3) is 0.333. The molecule has 2 rings (SSSR count). The summed E-state index contributed by atoms with van der Waals surface area (Å²) in [6, 6.07) is 4.82. The van der Waals surface area contributed by atoms with Crippen molar-refractivity contribution in [3.8, 4) is 10.6 Å². The van der Waals surface area contributed by atoms with Crippen LogP contribution in [-0.2, 0) is 5.41 Å². The van der Waals surface area contributed by atoms with Crippen LogP contribution in [-0.4, -0.2) is 22.3 Å². The fourth-order valence-electron chi connectivity index (χ4n) is 1.96. The molecule has 0 saturated carbocycles. The van der Waals surface area contributed by atoms with E-state index in [2.05, 4.69) is 4.98 Å². The second-order valence-electron chi connectivity index (χ2n) is 5.57. The molecule has 1 aromatic heterocycles. The SMILES string of the molecule is CSc1cccc(F)c1-c1nc(C(C)(C)C)c(C(=O)O)s1. The zero-order valence-corrected chi connectivity index (χ0v) is 13.9. The Morgan fingerprint density at radius 3 is 2.52 bits per heavy atom. The summed E-state index contributed by atoms with van der Waals surface area (Å²) in [6.45, 7) is 5.69. The number of halogens is 1. The number of carboxylic acids is 1. The van der Waals surface area contributed by atoms with Crippen LogP contribution in [0.4, 0.5) is 4.39 Å². The molecule has 1 aromatic carbocycles. The van der Waals surface area contributed by atoms with Crippen LogP contribution in [0.5, 0.6) is 0 Å². The lowest BCUT2D eigenvalue weighted by molar-refractivity contribution is 0.0699. The summed E-state index contributed by atoms with van der Waals surface area (Å²) in [6.07, 6.45) is 1.86. The minimum atomic E-state index is -1.02. The highest BCUT2D eigenvalue weighted by Crippen LogP contribution is 2.39. The molecule has 0 spiro atoms. The Balaban J connectivity index is 2.70. The highest BCUT2D eigenvalue weighted by atomic mass is 32.2. The van der Waals surface area contributed by atoms with E-state index in [1.807, 2.05) is 33.1 Å². The zero-order chi connectivity index (χ0) is 15.8. The number of hydrogen-bond acceptors (Lipinski definition) is 4. The van der Waals surface area contributed by atoms with Gasteiger partial charge in [0, 0.05) is 10.3 Å². The van der Waals surface area contributed by atoms with Crippen LogP contribution in [0.1, 0.15) is 36.1 Å². The van der Waals surface area contributed by atoms with Gasteiger partial charge in [0.25, 0.3) is 0 Å².